The molecule has 0 saturated heterocycles. The summed E-state index contributed by atoms with van der Waals surface area (Å²) in [6.07, 6.45) is 20.2. The number of rotatable bonds is 9. The van der Waals surface area contributed by atoms with Crippen molar-refractivity contribution in [1.29, 1.82) is 0 Å². The molecule has 0 unspecified atom stereocenters. The molecular weight excluding hydrogens is 268 g/mol. The molecule has 0 N–H and O–H groups in total. The highest BCUT2D eigenvalue weighted by Crippen LogP contribution is 2.34. The molecule has 2 heteroatoms. The molecule has 1 aromatic heterocycles. The Labute approximate surface area is 137 Å². The van der Waals surface area contributed by atoms with E-state index in [0.29, 0.717) is 0 Å². The van der Waals surface area contributed by atoms with E-state index in [1.165, 1.54) is 69.8 Å². The lowest BCUT2D eigenvalue weighted by atomic mass is 9.78. The first-order valence-corrected chi connectivity index (χ1v) is 9.61. The summed E-state index contributed by atoms with van der Waals surface area (Å²) in [6.45, 7) is 4.50. The van der Waals surface area contributed by atoms with Crippen LogP contribution in [0.5, 0.6) is 0 Å². The van der Waals surface area contributed by atoms with E-state index in [1.54, 1.807) is 0 Å². The third-order valence-electron chi connectivity index (χ3n) is 5.26. The molecule has 0 bridgehead atoms. The summed E-state index contributed by atoms with van der Waals surface area (Å²) < 4.78 is 0. The fraction of sp³-hybridized carbons (Fsp3) is 0.800. The van der Waals surface area contributed by atoms with Gasteiger partial charge in [0.2, 0.25) is 0 Å². The van der Waals surface area contributed by atoms with E-state index in [4.69, 9.17) is 0 Å². The number of aryl methyl sites for hydroxylation is 2. The van der Waals surface area contributed by atoms with Crippen molar-refractivity contribution in [2.24, 2.45) is 11.8 Å². The molecule has 0 atom stereocenters. The third kappa shape index (κ3) is 6.06. The molecule has 0 amide bonds. The van der Waals surface area contributed by atoms with Gasteiger partial charge in [0.05, 0.1) is 0 Å². The van der Waals surface area contributed by atoms with Crippen LogP contribution in [0, 0.1) is 11.8 Å². The molecule has 1 heterocycles. The van der Waals surface area contributed by atoms with Gasteiger partial charge in [0, 0.05) is 18.8 Å². The van der Waals surface area contributed by atoms with Crippen molar-refractivity contribution in [1.82, 2.24) is 9.97 Å². The summed E-state index contributed by atoms with van der Waals surface area (Å²) in [5.74, 6) is 2.98. The van der Waals surface area contributed by atoms with E-state index >= 15 is 0 Å². The summed E-state index contributed by atoms with van der Waals surface area (Å²) in [7, 11) is 0. The standard InChI is InChI=1S/C20H34N2/c1-3-5-6-8-17-9-11-18(12-10-17)13-14-20-21-15-19(7-4-2)16-22-20/h15-18H,3-14H2,1-2H3. The van der Waals surface area contributed by atoms with Gasteiger partial charge in [0.15, 0.2) is 0 Å². The number of nitrogens with zero attached hydrogens (tertiary/aromatic N) is 2. The Hall–Kier alpha value is -0.920. The van der Waals surface area contributed by atoms with E-state index < -0.39 is 0 Å². The lowest BCUT2D eigenvalue weighted by molar-refractivity contribution is 0.248. The zero-order chi connectivity index (χ0) is 15.6. The lowest BCUT2D eigenvalue weighted by Gasteiger charge is -2.28. The number of hydrogen-bond acceptors (Lipinski definition) is 2. The minimum Gasteiger partial charge on any atom is -0.241 e. The Morgan fingerprint density at radius 1 is 0.818 bits per heavy atom. The average Bonchev–Trinajstić information content (AvgIpc) is 2.56. The zero-order valence-corrected chi connectivity index (χ0v) is 14.7. The molecule has 2 rings (SSSR count). The van der Waals surface area contributed by atoms with Crippen molar-refractivity contribution in [3.63, 3.8) is 0 Å². The van der Waals surface area contributed by atoms with Crippen LogP contribution in [0.3, 0.4) is 0 Å². The molecule has 1 aliphatic carbocycles. The van der Waals surface area contributed by atoms with Crippen LogP contribution >= 0.6 is 0 Å². The Morgan fingerprint density at radius 2 is 1.45 bits per heavy atom. The Balaban J connectivity index is 1.64. The Bertz CT molecular complexity index is 391. The number of hydrogen-bond donors (Lipinski definition) is 0. The fourth-order valence-corrected chi connectivity index (χ4v) is 3.75. The van der Waals surface area contributed by atoms with E-state index in [2.05, 4.69) is 23.8 Å². The van der Waals surface area contributed by atoms with Gasteiger partial charge in [-0.15, -0.1) is 0 Å². The van der Waals surface area contributed by atoms with E-state index in [9.17, 15) is 0 Å². The number of aromatic nitrogens is 2. The maximum Gasteiger partial charge on any atom is 0.128 e. The Kier molecular flexibility index (Phi) is 7.90. The van der Waals surface area contributed by atoms with Crippen molar-refractivity contribution in [2.75, 3.05) is 0 Å². The van der Waals surface area contributed by atoms with Crippen LogP contribution in [0.1, 0.15) is 89.4 Å². The normalized spacial score (nSPS) is 21.9. The maximum atomic E-state index is 4.54. The highest BCUT2D eigenvalue weighted by Gasteiger charge is 2.20. The van der Waals surface area contributed by atoms with Crippen LogP contribution in [0.25, 0.3) is 0 Å². The van der Waals surface area contributed by atoms with E-state index in [1.807, 2.05) is 12.4 Å². The molecule has 1 saturated carbocycles. The van der Waals surface area contributed by atoms with Gasteiger partial charge in [-0.25, -0.2) is 9.97 Å². The summed E-state index contributed by atoms with van der Waals surface area (Å²) in [4.78, 5) is 9.07. The van der Waals surface area contributed by atoms with Gasteiger partial charge in [-0.1, -0.05) is 71.6 Å². The molecule has 1 aliphatic rings. The minimum atomic E-state index is 0.918. The lowest BCUT2D eigenvalue weighted by Crippen LogP contribution is -2.15. The van der Waals surface area contributed by atoms with Gasteiger partial charge >= 0.3 is 0 Å². The van der Waals surface area contributed by atoms with Crippen LogP contribution in [-0.2, 0) is 12.8 Å². The first-order chi connectivity index (χ1) is 10.8. The monoisotopic (exact) mass is 302 g/mol. The molecule has 1 aromatic rings. The van der Waals surface area contributed by atoms with Gasteiger partial charge in [0.1, 0.15) is 5.82 Å². The van der Waals surface area contributed by atoms with Gasteiger partial charge in [-0.3, -0.25) is 0 Å². The van der Waals surface area contributed by atoms with Crippen molar-refractivity contribution in [2.45, 2.75) is 90.9 Å². The molecule has 124 valence electrons. The van der Waals surface area contributed by atoms with Crippen molar-refractivity contribution in [3.05, 3.63) is 23.8 Å². The van der Waals surface area contributed by atoms with Crippen LogP contribution in [0.2, 0.25) is 0 Å². The summed E-state index contributed by atoms with van der Waals surface area (Å²) in [5.41, 5.74) is 1.28. The molecule has 1 fully saturated rings. The summed E-state index contributed by atoms with van der Waals surface area (Å²) in [6, 6.07) is 0. The summed E-state index contributed by atoms with van der Waals surface area (Å²) >= 11 is 0. The van der Waals surface area contributed by atoms with Gasteiger partial charge in [-0.05, 0) is 30.2 Å². The van der Waals surface area contributed by atoms with Crippen molar-refractivity contribution in [3.8, 4) is 0 Å². The SMILES string of the molecule is CCCCCC1CCC(CCc2ncc(CCC)cn2)CC1. The molecule has 2 nitrogen and oxygen atoms in total. The summed E-state index contributed by atoms with van der Waals surface area (Å²) in [5, 5.41) is 0. The van der Waals surface area contributed by atoms with Gasteiger partial charge < -0.3 is 0 Å². The second-order valence-electron chi connectivity index (χ2n) is 7.18. The zero-order valence-electron chi connectivity index (χ0n) is 14.7. The van der Waals surface area contributed by atoms with E-state index in [0.717, 1.165) is 30.5 Å². The predicted octanol–water partition coefficient (Wildman–Crippen LogP) is 5.75. The molecule has 0 aliphatic heterocycles. The smallest absolute Gasteiger partial charge is 0.128 e. The highest BCUT2D eigenvalue weighted by molar-refractivity contribution is 5.05. The second kappa shape index (κ2) is 9.97. The quantitative estimate of drug-likeness (QED) is 0.543. The van der Waals surface area contributed by atoms with Crippen molar-refractivity contribution < 1.29 is 0 Å². The predicted molar refractivity (Wildman–Crippen MR) is 93.9 cm³/mol. The van der Waals surface area contributed by atoms with Crippen LogP contribution in [0.15, 0.2) is 12.4 Å². The minimum absolute atomic E-state index is 0.918. The van der Waals surface area contributed by atoms with Crippen LogP contribution < -0.4 is 0 Å². The molecule has 22 heavy (non-hydrogen) atoms. The number of unbranched alkanes of at least 4 members (excludes halogenated alkanes) is 2. The van der Waals surface area contributed by atoms with Gasteiger partial charge in [0.25, 0.3) is 0 Å². The molecule has 0 radical (unpaired) electrons. The average molecular weight is 303 g/mol. The molecular formula is C20H34N2. The highest BCUT2D eigenvalue weighted by atomic mass is 14.9. The van der Waals surface area contributed by atoms with Crippen LogP contribution in [-0.4, -0.2) is 9.97 Å². The Morgan fingerprint density at radius 3 is 2.05 bits per heavy atom. The van der Waals surface area contributed by atoms with Crippen LogP contribution in [0.4, 0.5) is 0 Å². The molecule has 0 aromatic carbocycles. The fourth-order valence-electron chi connectivity index (χ4n) is 3.75. The first-order valence-electron chi connectivity index (χ1n) is 9.61. The topological polar surface area (TPSA) is 25.8 Å². The first kappa shape index (κ1) is 17.4. The maximum absolute atomic E-state index is 4.54. The third-order valence-corrected chi connectivity index (χ3v) is 5.26. The van der Waals surface area contributed by atoms with E-state index in [-0.39, 0.29) is 0 Å². The van der Waals surface area contributed by atoms with Gasteiger partial charge in [-0.2, -0.15) is 0 Å². The molecule has 0 spiro atoms. The largest absolute Gasteiger partial charge is 0.241 e. The van der Waals surface area contributed by atoms with Crippen molar-refractivity contribution >= 4 is 0 Å². The second-order valence-corrected chi connectivity index (χ2v) is 7.18.